The number of halogens is 12. The van der Waals surface area contributed by atoms with Crippen LogP contribution in [0.25, 0.3) is 11.1 Å². The Morgan fingerprint density at radius 2 is 0.704 bits per heavy atom. The number of hydrogen-bond donors (Lipinski definition) is 0. The first-order valence-corrected chi connectivity index (χ1v) is 13.3. The van der Waals surface area contributed by atoms with Crippen molar-refractivity contribution in [3.63, 3.8) is 0 Å². The summed E-state index contributed by atoms with van der Waals surface area (Å²) < 4.78 is 170. The molecule has 9 nitrogen and oxygen atoms in total. The summed E-state index contributed by atoms with van der Waals surface area (Å²) in [6.07, 6.45) is -23.5. The molecule has 0 aliphatic rings. The van der Waals surface area contributed by atoms with Gasteiger partial charge in [-0.3, -0.25) is 0 Å². The normalized spacial score (nSPS) is 12.5. The van der Waals surface area contributed by atoms with Gasteiger partial charge in [-0.15, -0.1) is 0 Å². The molecule has 3 aromatic rings. The molecule has 3 rings (SSSR count). The average molecular weight is 753 g/mol. The maximum atomic E-state index is 14.4. The monoisotopic (exact) mass is 753 g/mol. The Morgan fingerprint density at radius 3 is 0.981 bits per heavy atom. The summed E-state index contributed by atoms with van der Waals surface area (Å²) in [6, 6.07) is 8.87. The van der Waals surface area contributed by atoms with Crippen LogP contribution in [0.1, 0.15) is 72.3 Å². The summed E-state index contributed by atoms with van der Waals surface area (Å²) in [5.74, 6) is 0. The molecule has 0 amide bonds. The number of benzene rings is 3. The first-order chi connectivity index (χ1) is 25.0. The number of rotatable bonds is 2. The summed E-state index contributed by atoms with van der Waals surface area (Å²) in [4.78, 5) is 0. The largest absolute Gasteiger partial charge is 0.418 e. The summed E-state index contributed by atoms with van der Waals surface area (Å²) in [7, 11) is 0. The Labute approximate surface area is 291 Å². The van der Waals surface area contributed by atoms with Crippen LogP contribution in [-0.4, -0.2) is 0 Å². The minimum atomic E-state index is -5.97. The van der Waals surface area contributed by atoms with Gasteiger partial charge < -0.3 is 0 Å². The molecular weight excluding hydrogens is 750 g/mol. The van der Waals surface area contributed by atoms with Gasteiger partial charge in [0.1, 0.15) is 36.4 Å². The molecule has 3 aromatic carbocycles. The van der Waals surface area contributed by atoms with E-state index in [9.17, 15) is 100 Å². The van der Waals surface area contributed by atoms with Gasteiger partial charge in [0, 0.05) is 21.6 Å². The van der Waals surface area contributed by atoms with Crippen molar-refractivity contribution in [3.05, 3.63) is 101 Å². The van der Waals surface area contributed by atoms with E-state index in [1.807, 2.05) is 0 Å². The highest BCUT2D eigenvalue weighted by atomic mass is 19.4. The topological polar surface area (TPSA) is 214 Å². The van der Waals surface area contributed by atoms with E-state index in [2.05, 4.69) is 0 Å². The van der Waals surface area contributed by atoms with Gasteiger partial charge in [-0.1, -0.05) is 0 Å². The highest BCUT2D eigenvalue weighted by Crippen LogP contribution is 2.46. The molecule has 0 aromatic heterocycles. The minimum absolute atomic E-state index is 0.143. The lowest BCUT2D eigenvalue weighted by atomic mass is 9.84. The molecule has 0 saturated heterocycles. The van der Waals surface area contributed by atoms with Crippen LogP contribution < -0.4 is 10.4 Å². The Balaban J connectivity index is 2.94. The third-order valence-electron chi connectivity index (χ3n) is 7.21. The van der Waals surface area contributed by atoms with Crippen molar-refractivity contribution in [2.45, 2.75) is 24.7 Å². The van der Waals surface area contributed by atoms with Crippen molar-refractivity contribution in [2.75, 3.05) is 0 Å². The Hall–Kier alpha value is -8.03. The molecule has 54 heavy (non-hydrogen) atoms. The lowest BCUT2D eigenvalue weighted by Crippen LogP contribution is -2.28. The van der Waals surface area contributed by atoms with E-state index in [1.165, 1.54) is 18.2 Å². The van der Waals surface area contributed by atoms with Gasteiger partial charge in [-0.05, 0) is 18.2 Å². The summed E-state index contributed by atoms with van der Waals surface area (Å²) in [5.41, 5.74) is -28.2. The molecule has 0 bridgehead atoms. The van der Waals surface area contributed by atoms with Crippen LogP contribution in [0.2, 0.25) is 0 Å². The average Bonchev–Trinajstić information content (AvgIpc) is 3.08. The Bertz CT molecular complexity index is 2710. The number of nitriles is 9. The highest BCUT2D eigenvalue weighted by Gasteiger charge is 2.47. The van der Waals surface area contributed by atoms with Crippen molar-refractivity contribution in [1.29, 1.82) is 47.4 Å². The zero-order valence-corrected chi connectivity index (χ0v) is 25.3. The molecule has 0 N–H and O–H groups in total. The smallest absolute Gasteiger partial charge is 0.192 e. The lowest BCUT2D eigenvalue weighted by molar-refractivity contribution is -0.145. The SMILES string of the molecule is N#C/C(c1cc(C#N)c(C(F)(F)F)c(C#N)c1C(F)(F)F)=c1/c(C#N)c/c(=C(\C#N)c2cc(C#N)c(C(F)(F)F)c(C#N)c2C(F)(F)F)c(C#N)c1C#N. The van der Waals surface area contributed by atoms with Crippen LogP contribution >= 0.6 is 0 Å². The summed E-state index contributed by atoms with van der Waals surface area (Å²) >= 11 is 0. The third-order valence-corrected chi connectivity index (χ3v) is 7.21. The van der Waals surface area contributed by atoms with Crippen LogP contribution in [0, 0.1) is 102 Å². The molecule has 0 saturated carbocycles. The van der Waals surface area contributed by atoms with Crippen molar-refractivity contribution < 1.29 is 52.7 Å². The van der Waals surface area contributed by atoms with Gasteiger partial charge in [0.15, 0.2) is 0 Å². The van der Waals surface area contributed by atoms with Crippen molar-refractivity contribution >= 4 is 11.1 Å². The molecular formula is C33H3F12N9. The quantitative estimate of drug-likeness (QED) is 0.268. The summed E-state index contributed by atoms with van der Waals surface area (Å²) in [5, 5.41) is 85.1. The molecule has 264 valence electrons. The first-order valence-electron chi connectivity index (χ1n) is 13.3. The van der Waals surface area contributed by atoms with E-state index in [1.54, 1.807) is 0 Å². The van der Waals surface area contributed by atoms with Crippen LogP contribution in [0.4, 0.5) is 52.7 Å². The molecule has 0 atom stereocenters. The second-order valence-corrected chi connectivity index (χ2v) is 10.0. The predicted octanol–water partition coefficient (Wildman–Crippen LogP) is 6.31. The standard InChI is InChI=1S/C33H3F12N9/c34-30(35,36)26-14(5-47)2-17(28(23(26)11-53)32(40,41)42)19(7-49)16-1-13(4-46)25(22(10-52)20(16)8-50)21(9-51)18-3-15(6-48)27(31(37,38)39)24(12-54)29(18)33(43,44)45/h1-3H/b19-16-,25-21+. The molecule has 21 heteroatoms. The van der Waals surface area contributed by atoms with Crippen molar-refractivity contribution in [3.8, 4) is 54.6 Å². The molecule has 0 radical (unpaired) electrons. The van der Waals surface area contributed by atoms with E-state index >= 15 is 0 Å². The number of nitrogens with zero attached hydrogens (tertiary/aromatic N) is 9. The fraction of sp³-hybridized carbons (Fsp3) is 0.121. The number of alkyl halides is 12. The van der Waals surface area contributed by atoms with E-state index in [0.717, 1.165) is 24.3 Å². The molecule has 0 unspecified atom stereocenters. The first kappa shape index (κ1) is 40.4. The molecule has 0 aliphatic carbocycles. The number of hydrogen-bond acceptors (Lipinski definition) is 9. The Kier molecular flexibility index (Phi) is 10.4. The van der Waals surface area contributed by atoms with Gasteiger partial charge in [-0.2, -0.15) is 100 Å². The maximum Gasteiger partial charge on any atom is 0.418 e. The molecule has 0 aliphatic heterocycles. The fourth-order valence-electron chi connectivity index (χ4n) is 5.31. The van der Waals surface area contributed by atoms with Crippen LogP contribution in [-0.2, 0) is 24.7 Å². The Morgan fingerprint density at radius 1 is 0.370 bits per heavy atom. The van der Waals surface area contributed by atoms with E-state index in [-0.39, 0.29) is 18.2 Å². The molecule has 0 spiro atoms. The minimum Gasteiger partial charge on any atom is -0.192 e. The van der Waals surface area contributed by atoms with E-state index in [4.69, 9.17) is 0 Å². The second kappa shape index (κ2) is 13.9. The zero-order valence-electron chi connectivity index (χ0n) is 25.3. The maximum absolute atomic E-state index is 14.4. The van der Waals surface area contributed by atoms with Gasteiger partial charge in [0.05, 0.1) is 90.6 Å². The molecule has 0 fully saturated rings. The van der Waals surface area contributed by atoms with Gasteiger partial charge in [0.25, 0.3) is 0 Å². The van der Waals surface area contributed by atoms with E-state index < -0.39 is 119 Å². The lowest BCUT2D eigenvalue weighted by Gasteiger charge is -2.20. The van der Waals surface area contributed by atoms with Gasteiger partial charge in [-0.25, -0.2) is 0 Å². The van der Waals surface area contributed by atoms with Crippen LogP contribution in [0.3, 0.4) is 0 Å². The van der Waals surface area contributed by atoms with Gasteiger partial charge >= 0.3 is 24.7 Å². The zero-order chi connectivity index (χ0) is 41.3. The fourth-order valence-corrected chi connectivity index (χ4v) is 5.31. The van der Waals surface area contributed by atoms with Crippen LogP contribution in [0.15, 0.2) is 18.2 Å². The van der Waals surface area contributed by atoms with Crippen molar-refractivity contribution in [1.82, 2.24) is 0 Å². The van der Waals surface area contributed by atoms with Crippen LogP contribution in [0.5, 0.6) is 0 Å². The molecule has 0 heterocycles. The second-order valence-electron chi connectivity index (χ2n) is 10.0. The predicted molar refractivity (Wildman–Crippen MR) is 148 cm³/mol. The van der Waals surface area contributed by atoms with Crippen molar-refractivity contribution in [2.24, 2.45) is 0 Å². The van der Waals surface area contributed by atoms with E-state index in [0.29, 0.717) is 12.1 Å². The highest BCUT2D eigenvalue weighted by molar-refractivity contribution is 5.86. The van der Waals surface area contributed by atoms with Gasteiger partial charge in [0.2, 0.25) is 0 Å². The third kappa shape index (κ3) is 6.71. The summed E-state index contributed by atoms with van der Waals surface area (Å²) in [6.45, 7) is 0.